The molecule has 0 aliphatic carbocycles. The average molecular weight is 231 g/mol. The van der Waals surface area contributed by atoms with Gasteiger partial charge in [-0.3, -0.25) is 0 Å². The molecule has 0 fully saturated rings. The van der Waals surface area contributed by atoms with Gasteiger partial charge in [0.25, 0.3) is 0 Å². The Kier molecular flexibility index (Phi) is 3.79. The maximum Gasteiger partial charge on any atom is 0.129 e. The quantitative estimate of drug-likeness (QED) is 0.809. The second-order valence-electron chi connectivity index (χ2n) is 4.75. The summed E-state index contributed by atoms with van der Waals surface area (Å²) in [6, 6.07) is 4.34. The maximum absolute atomic E-state index is 4.63. The Balaban J connectivity index is 2.20. The van der Waals surface area contributed by atoms with Gasteiger partial charge in [0.2, 0.25) is 0 Å². The smallest absolute Gasteiger partial charge is 0.129 e. The predicted molar refractivity (Wildman–Crippen MR) is 72.3 cm³/mol. The van der Waals surface area contributed by atoms with Crippen molar-refractivity contribution in [2.24, 2.45) is 0 Å². The van der Waals surface area contributed by atoms with Crippen molar-refractivity contribution < 1.29 is 0 Å². The Hall–Kier alpha value is -1.35. The second-order valence-corrected chi connectivity index (χ2v) is 4.75. The molecule has 1 aliphatic heterocycles. The standard InChI is InChI=1S/C14H21N3/c1-11-4-6-17(7-5-11)14-9-13(10-15-3)8-12(2)16-14/h4,8-9,15H,5-7,10H2,1-3H3. The van der Waals surface area contributed by atoms with Crippen molar-refractivity contribution in [1.29, 1.82) is 0 Å². The molecule has 0 bridgehead atoms. The Morgan fingerprint density at radius 2 is 2.18 bits per heavy atom. The number of hydrogen-bond acceptors (Lipinski definition) is 3. The van der Waals surface area contributed by atoms with E-state index in [1.165, 1.54) is 11.1 Å². The summed E-state index contributed by atoms with van der Waals surface area (Å²) >= 11 is 0. The van der Waals surface area contributed by atoms with Gasteiger partial charge in [0.15, 0.2) is 0 Å². The molecule has 0 spiro atoms. The lowest BCUT2D eigenvalue weighted by molar-refractivity contribution is 0.766. The number of pyridine rings is 1. The maximum atomic E-state index is 4.63. The molecule has 2 heterocycles. The van der Waals surface area contributed by atoms with Crippen molar-refractivity contribution in [1.82, 2.24) is 10.3 Å². The number of aromatic nitrogens is 1. The van der Waals surface area contributed by atoms with Crippen LogP contribution in [0.1, 0.15) is 24.6 Å². The highest BCUT2D eigenvalue weighted by Gasteiger charge is 2.12. The van der Waals surface area contributed by atoms with Gasteiger partial charge in [-0.15, -0.1) is 0 Å². The van der Waals surface area contributed by atoms with Crippen LogP contribution in [-0.2, 0) is 6.54 Å². The fourth-order valence-electron chi connectivity index (χ4n) is 2.17. The van der Waals surface area contributed by atoms with Gasteiger partial charge in [0.05, 0.1) is 0 Å². The molecule has 3 heteroatoms. The highest BCUT2D eigenvalue weighted by atomic mass is 15.2. The fraction of sp³-hybridized carbons (Fsp3) is 0.500. The van der Waals surface area contributed by atoms with Gasteiger partial charge in [-0.25, -0.2) is 4.98 Å². The van der Waals surface area contributed by atoms with Gasteiger partial charge in [0.1, 0.15) is 5.82 Å². The molecule has 0 saturated carbocycles. The highest BCUT2D eigenvalue weighted by molar-refractivity contribution is 5.44. The van der Waals surface area contributed by atoms with E-state index in [1.54, 1.807) is 0 Å². The molecule has 0 saturated heterocycles. The van der Waals surface area contributed by atoms with Gasteiger partial charge in [-0.1, -0.05) is 11.6 Å². The summed E-state index contributed by atoms with van der Waals surface area (Å²) in [6.45, 7) is 7.24. The number of nitrogens with zero attached hydrogens (tertiary/aromatic N) is 2. The first-order valence-electron chi connectivity index (χ1n) is 6.22. The molecule has 0 unspecified atom stereocenters. The lowest BCUT2D eigenvalue weighted by Crippen LogP contribution is -2.29. The van der Waals surface area contributed by atoms with E-state index in [0.717, 1.165) is 37.6 Å². The van der Waals surface area contributed by atoms with Gasteiger partial charge < -0.3 is 10.2 Å². The van der Waals surface area contributed by atoms with Crippen LogP contribution in [0.2, 0.25) is 0 Å². The fourth-order valence-corrected chi connectivity index (χ4v) is 2.17. The van der Waals surface area contributed by atoms with Crippen LogP contribution in [0.4, 0.5) is 5.82 Å². The van der Waals surface area contributed by atoms with Crippen molar-refractivity contribution in [2.75, 3.05) is 25.0 Å². The second kappa shape index (κ2) is 5.32. The van der Waals surface area contributed by atoms with Gasteiger partial charge in [-0.2, -0.15) is 0 Å². The zero-order valence-electron chi connectivity index (χ0n) is 11.0. The van der Waals surface area contributed by atoms with Crippen molar-refractivity contribution in [3.05, 3.63) is 35.0 Å². The van der Waals surface area contributed by atoms with Crippen LogP contribution in [-0.4, -0.2) is 25.1 Å². The summed E-state index contributed by atoms with van der Waals surface area (Å²) in [5.41, 5.74) is 3.89. The van der Waals surface area contributed by atoms with Crippen molar-refractivity contribution >= 4 is 5.82 Å². The molecule has 17 heavy (non-hydrogen) atoms. The first-order chi connectivity index (χ1) is 8.19. The third kappa shape index (κ3) is 3.07. The molecule has 1 N–H and O–H groups in total. The molecule has 3 nitrogen and oxygen atoms in total. The Labute approximate surface area is 104 Å². The van der Waals surface area contributed by atoms with E-state index in [1.807, 2.05) is 7.05 Å². The SMILES string of the molecule is CNCc1cc(C)nc(N2CC=C(C)CC2)c1. The number of anilines is 1. The summed E-state index contributed by atoms with van der Waals surface area (Å²) in [4.78, 5) is 6.98. The van der Waals surface area contributed by atoms with E-state index in [0.29, 0.717) is 0 Å². The van der Waals surface area contributed by atoms with E-state index in [2.05, 4.69) is 47.3 Å². The van der Waals surface area contributed by atoms with E-state index in [9.17, 15) is 0 Å². The minimum Gasteiger partial charge on any atom is -0.353 e. The molecule has 0 radical (unpaired) electrons. The van der Waals surface area contributed by atoms with Gasteiger partial charge in [0, 0.05) is 25.3 Å². The van der Waals surface area contributed by atoms with E-state index >= 15 is 0 Å². The molecule has 0 atom stereocenters. The topological polar surface area (TPSA) is 28.2 Å². The van der Waals surface area contributed by atoms with Crippen molar-refractivity contribution in [3.63, 3.8) is 0 Å². The monoisotopic (exact) mass is 231 g/mol. The van der Waals surface area contributed by atoms with Crippen molar-refractivity contribution in [2.45, 2.75) is 26.8 Å². The molecule has 0 aromatic carbocycles. The molecule has 2 rings (SSSR count). The Morgan fingerprint density at radius 3 is 2.82 bits per heavy atom. The first kappa shape index (κ1) is 12.1. The summed E-state index contributed by atoms with van der Waals surface area (Å²) in [5, 5.41) is 3.19. The zero-order chi connectivity index (χ0) is 12.3. The van der Waals surface area contributed by atoms with Crippen LogP contribution in [0, 0.1) is 6.92 Å². The number of hydrogen-bond donors (Lipinski definition) is 1. The molecule has 1 aliphatic rings. The first-order valence-corrected chi connectivity index (χ1v) is 6.22. The molecular weight excluding hydrogens is 210 g/mol. The summed E-state index contributed by atoms with van der Waals surface area (Å²) in [5.74, 6) is 1.11. The van der Waals surface area contributed by atoms with E-state index in [-0.39, 0.29) is 0 Å². The van der Waals surface area contributed by atoms with Crippen LogP contribution in [0.5, 0.6) is 0 Å². The average Bonchev–Trinajstić information content (AvgIpc) is 2.29. The Morgan fingerprint density at radius 1 is 1.35 bits per heavy atom. The molecule has 92 valence electrons. The van der Waals surface area contributed by atoms with Gasteiger partial charge in [-0.05, 0) is 45.0 Å². The van der Waals surface area contributed by atoms with Crippen LogP contribution in [0.15, 0.2) is 23.8 Å². The number of aryl methyl sites for hydroxylation is 1. The molecule has 1 aromatic rings. The molecule has 1 aromatic heterocycles. The molecular formula is C14H21N3. The lowest BCUT2D eigenvalue weighted by Gasteiger charge is -2.27. The molecule has 0 amide bonds. The van der Waals surface area contributed by atoms with Crippen LogP contribution >= 0.6 is 0 Å². The zero-order valence-corrected chi connectivity index (χ0v) is 11.0. The minimum absolute atomic E-state index is 0.902. The number of nitrogens with one attached hydrogen (secondary N) is 1. The van der Waals surface area contributed by atoms with Crippen LogP contribution < -0.4 is 10.2 Å². The summed E-state index contributed by atoms with van der Waals surface area (Å²) in [7, 11) is 1.97. The minimum atomic E-state index is 0.902. The lowest BCUT2D eigenvalue weighted by atomic mass is 10.1. The van der Waals surface area contributed by atoms with Crippen molar-refractivity contribution in [3.8, 4) is 0 Å². The third-order valence-electron chi connectivity index (χ3n) is 3.14. The van der Waals surface area contributed by atoms with E-state index in [4.69, 9.17) is 0 Å². The third-order valence-corrected chi connectivity index (χ3v) is 3.14. The summed E-state index contributed by atoms with van der Waals surface area (Å²) in [6.07, 6.45) is 3.45. The number of rotatable bonds is 3. The highest BCUT2D eigenvalue weighted by Crippen LogP contribution is 2.19. The van der Waals surface area contributed by atoms with E-state index < -0.39 is 0 Å². The normalized spacial score (nSPS) is 15.9. The predicted octanol–water partition coefficient (Wildman–Crippen LogP) is 2.27. The van der Waals surface area contributed by atoms with Gasteiger partial charge >= 0.3 is 0 Å². The largest absolute Gasteiger partial charge is 0.353 e. The Bertz CT molecular complexity index is 423. The van der Waals surface area contributed by atoms with Crippen LogP contribution in [0.3, 0.4) is 0 Å². The summed E-state index contributed by atoms with van der Waals surface area (Å²) < 4.78 is 0. The van der Waals surface area contributed by atoms with Crippen LogP contribution in [0.25, 0.3) is 0 Å².